The lowest BCUT2D eigenvalue weighted by atomic mass is 9.40. The highest BCUT2D eigenvalue weighted by molar-refractivity contribution is 5.66. The third-order valence-corrected chi connectivity index (χ3v) is 8.78. The van der Waals surface area contributed by atoms with E-state index in [2.05, 4.69) is 20.4 Å². The predicted octanol–water partition coefficient (Wildman–Crippen LogP) is 4.49. The molecular formula is C22H34O3. The van der Waals surface area contributed by atoms with Crippen LogP contribution in [-0.2, 0) is 9.53 Å². The fraction of sp³-hybridized carbons (Fsp3) is 0.864. The van der Waals surface area contributed by atoms with Crippen LogP contribution in [0.2, 0.25) is 0 Å². The van der Waals surface area contributed by atoms with Crippen molar-refractivity contribution < 1.29 is 14.6 Å². The van der Waals surface area contributed by atoms with Crippen molar-refractivity contribution in [3.05, 3.63) is 12.2 Å². The van der Waals surface area contributed by atoms with E-state index in [0.29, 0.717) is 17.8 Å². The van der Waals surface area contributed by atoms with Gasteiger partial charge in [0.15, 0.2) is 0 Å². The lowest BCUT2D eigenvalue weighted by molar-refractivity contribution is -0.206. The molecule has 0 aromatic rings. The largest absolute Gasteiger partial charge is 0.462 e. The molecule has 2 bridgehead atoms. The number of carbonyl (C=O) groups excluding carboxylic acids is 1. The molecule has 4 saturated carbocycles. The number of fused-ring (bicyclic) bond motifs is 3. The lowest BCUT2D eigenvalue weighted by Gasteiger charge is -2.65. The fourth-order valence-corrected chi connectivity index (χ4v) is 8.09. The second-order valence-electron chi connectivity index (χ2n) is 10.2. The van der Waals surface area contributed by atoms with Crippen molar-refractivity contribution in [2.24, 2.45) is 34.0 Å². The van der Waals surface area contributed by atoms with E-state index in [1.165, 1.54) is 37.7 Å². The lowest BCUT2D eigenvalue weighted by Crippen LogP contribution is -2.61. The first-order valence-electron chi connectivity index (χ1n) is 10.2. The van der Waals surface area contributed by atoms with E-state index in [-0.39, 0.29) is 34.9 Å². The minimum absolute atomic E-state index is 0.0157. The maximum absolute atomic E-state index is 11.9. The predicted molar refractivity (Wildman–Crippen MR) is 97.8 cm³/mol. The highest BCUT2D eigenvalue weighted by atomic mass is 16.5. The first kappa shape index (κ1) is 17.6. The second-order valence-corrected chi connectivity index (χ2v) is 10.2. The molecule has 0 aromatic heterocycles. The SMILES string of the molecule is C=C1C[C@@]23CC[C@@H]4[C@@](C)(CO)CCC[C@@]4(C)[C@@H]2[C@@H](OC(C)=O)C[C@@H]1C3. The molecule has 4 aliphatic rings. The molecule has 0 aromatic carbocycles. The van der Waals surface area contributed by atoms with Crippen molar-refractivity contribution in [1.82, 2.24) is 0 Å². The van der Waals surface area contributed by atoms with Crippen LogP contribution >= 0.6 is 0 Å². The minimum atomic E-state index is -0.140. The Morgan fingerprint density at radius 1 is 1.32 bits per heavy atom. The summed E-state index contributed by atoms with van der Waals surface area (Å²) in [6.07, 6.45) is 9.27. The van der Waals surface area contributed by atoms with Crippen LogP contribution in [0, 0.1) is 34.0 Å². The van der Waals surface area contributed by atoms with Crippen LogP contribution in [0.1, 0.15) is 72.1 Å². The highest BCUT2D eigenvalue weighted by Gasteiger charge is 2.66. The van der Waals surface area contributed by atoms with Crippen molar-refractivity contribution >= 4 is 5.97 Å². The molecule has 7 atom stereocenters. The van der Waals surface area contributed by atoms with Gasteiger partial charge in [-0.25, -0.2) is 0 Å². The summed E-state index contributed by atoms with van der Waals surface area (Å²) < 4.78 is 5.96. The summed E-state index contributed by atoms with van der Waals surface area (Å²) in [5.74, 6) is 1.34. The van der Waals surface area contributed by atoms with E-state index >= 15 is 0 Å². The molecule has 0 radical (unpaired) electrons. The first-order chi connectivity index (χ1) is 11.7. The number of esters is 1. The zero-order valence-corrected chi connectivity index (χ0v) is 16.1. The molecule has 4 fully saturated rings. The average molecular weight is 347 g/mol. The third-order valence-electron chi connectivity index (χ3n) is 8.78. The van der Waals surface area contributed by atoms with Gasteiger partial charge in [0.25, 0.3) is 0 Å². The molecule has 1 spiro atoms. The molecule has 4 rings (SSSR count). The number of aliphatic hydroxyl groups is 1. The van der Waals surface area contributed by atoms with Crippen molar-refractivity contribution in [3.8, 4) is 0 Å². The summed E-state index contributed by atoms with van der Waals surface area (Å²) in [5, 5.41) is 10.2. The van der Waals surface area contributed by atoms with Gasteiger partial charge in [0, 0.05) is 19.4 Å². The van der Waals surface area contributed by atoms with E-state index in [1.807, 2.05) is 0 Å². The Bertz CT molecular complexity index is 598. The first-order valence-corrected chi connectivity index (χ1v) is 10.2. The van der Waals surface area contributed by atoms with Crippen molar-refractivity contribution in [3.63, 3.8) is 0 Å². The number of hydrogen-bond acceptors (Lipinski definition) is 3. The van der Waals surface area contributed by atoms with Crippen LogP contribution in [0.5, 0.6) is 0 Å². The van der Waals surface area contributed by atoms with Gasteiger partial charge in [0.05, 0.1) is 0 Å². The molecule has 0 amide bonds. The Morgan fingerprint density at radius 2 is 2.08 bits per heavy atom. The molecular weight excluding hydrogens is 312 g/mol. The Labute approximate surface area is 152 Å². The van der Waals surface area contributed by atoms with E-state index in [0.717, 1.165) is 19.3 Å². The van der Waals surface area contributed by atoms with Gasteiger partial charge in [-0.2, -0.15) is 0 Å². The molecule has 3 nitrogen and oxygen atoms in total. The normalized spacial score (nSPS) is 51.6. The molecule has 0 saturated heterocycles. The van der Waals surface area contributed by atoms with Gasteiger partial charge in [-0.15, -0.1) is 0 Å². The summed E-state index contributed by atoms with van der Waals surface area (Å²) in [6.45, 7) is 11.0. The molecule has 0 heterocycles. The maximum Gasteiger partial charge on any atom is 0.302 e. The summed E-state index contributed by atoms with van der Waals surface area (Å²) in [5.41, 5.74) is 1.84. The third kappa shape index (κ3) is 2.37. The van der Waals surface area contributed by atoms with Crippen LogP contribution in [0.3, 0.4) is 0 Å². The average Bonchev–Trinajstić information content (AvgIpc) is 2.76. The Balaban J connectivity index is 1.78. The molecule has 4 aliphatic carbocycles. The Hall–Kier alpha value is -0.830. The Morgan fingerprint density at radius 3 is 2.76 bits per heavy atom. The Kier molecular flexibility index (Phi) is 3.92. The second kappa shape index (κ2) is 5.58. The maximum atomic E-state index is 11.9. The van der Waals surface area contributed by atoms with Gasteiger partial charge in [-0.1, -0.05) is 32.4 Å². The van der Waals surface area contributed by atoms with Gasteiger partial charge in [-0.05, 0) is 73.0 Å². The van der Waals surface area contributed by atoms with E-state index in [4.69, 9.17) is 4.74 Å². The molecule has 1 N–H and O–H groups in total. The van der Waals surface area contributed by atoms with Gasteiger partial charge in [-0.3, -0.25) is 4.79 Å². The number of hydrogen-bond donors (Lipinski definition) is 1. The van der Waals surface area contributed by atoms with E-state index in [9.17, 15) is 9.90 Å². The highest BCUT2D eigenvalue weighted by Crippen LogP contribution is 2.72. The molecule has 0 unspecified atom stereocenters. The fourth-order valence-electron chi connectivity index (χ4n) is 8.09. The number of aliphatic hydroxyl groups excluding tert-OH is 1. The van der Waals surface area contributed by atoms with Gasteiger partial charge in [0.1, 0.15) is 6.10 Å². The van der Waals surface area contributed by atoms with Crippen LogP contribution < -0.4 is 0 Å². The molecule has 140 valence electrons. The minimum Gasteiger partial charge on any atom is -0.462 e. The summed E-state index contributed by atoms with van der Waals surface area (Å²) >= 11 is 0. The van der Waals surface area contributed by atoms with Crippen molar-refractivity contribution in [1.29, 1.82) is 0 Å². The standard InChI is InChI=1S/C22H34O3/c1-14-11-22-9-6-18-20(3,13-23)7-5-8-21(18,4)19(22)17(25-15(2)24)10-16(14)12-22/h16-19,23H,1,5-13H2,2-4H3/t16-,17+,18-,19+,20-,21-,22-/m1/s1. The van der Waals surface area contributed by atoms with Gasteiger partial charge in [0.2, 0.25) is 0 Å². The number of allylic oxidation sites excluding steroid dienone is 1. The zero-order valence-electron chi connectivity index (χ0n) is 16.1. The summed E-state index contributed by atoms with van der Waals surface area (Å²) in [7, 11) is 0. The van der Waals surface area contributed by atoms with Crippen LogP contribution in [0.4, 0.5) is 0 Å². The smallest absolute Gasteiger partial charge is 0.302 e. The van der Waals surface area contributed by atoms with Crippen LogP contribution in [0.25, 0.3) is 0 Å². The number of rotatable bonds is 2. The summed E-state index contributed by atoms with van der Waals surface area (Å²) in [4.78, 5) is 11.9. The topological polar surface area (TPSA) is 46.5 Å². The monoisotopic (exact) mass is 346 g/mol. The quantitative estimate of drug-likeness (QED) is 0.592. The van der Waals surface area contributed by atoms with E-state index in [1.54, 1.807) is 6.92 Å². The molecule has 3 heteroatoms. The number of ether oxygens (including phenoxy) is 1. The zero-order chi connectivity index (χ0) is 18.0. The molecule has 0 aliphatic heterocycles. The van der Waals surface area contributed by atoms with Gasteiger partial charge < -0.3 is 9.84 Å². The number of carbonyl (C=O) groups is 1. The van der Waals surface area contributed by atoms with E-state index < -0.39 is 0 Å². The van der Waals surface area contributed by atoms with Gasteiger partial charge >= 0.3 is 5.97 Å². The molecule has 25 heavy (non-hydrogen) atoms. The summed E-state index contributed by atoms with van der Waals surface area (Å²) in [6, 6.07) is 0. The van der Waals surface area contributed by atoms with Crippen LogP contribution in [0.15, 0.2) is 12.2 Å². The van der Waals surface area contributed by atoms with Crippen molar-refractivity contribution in [2.45, 2.75) is 78.2 Å². The van der Waals surface area contributed by atoms with Crippen LogP contribution in [-0.4, -0.2) is 23.8 Å². The van der Waals surface area contributed by atoms with Crippen molar-refractivity contribution in [2.75, 3.05) is 6.61 Å².